The maximum atomic E-state index is 13.8. The molecule has 0 aliphatic carbocycles. The van der Waals surface area contributed by atoms with Gasteiger partial charge in [0.15, 0.2) is 6.73 Å². The number of carbonyl (C=O) groups is 3. The van der Waals surface area contributed by atoms with Crippen molar-refractivity contribution in [3.8, 4) is 0 Å². The van der Waals surface area contributed by atoms with Crippen molar-refractivity contribution in [1.29, 1.82) is 0 Å². The number of imide groups is 1. The summed E-state index contributed by atoms with van der Waals surface area (Å²) in [5.74, 6) is -1.31. The number of amides is 2. The first-order chi connectivity index (χ1) is 18.2. The first-order valence-corrected chi connectivity index (χ1v) is 11.5. The van der Waals surface area contributed by atoms with Crippen LogP contribution in [0.15, 0.2) is 67.5 Å². The van der Waals surface area contributed by atoms with Crippen LogP contribution in [-0.2, 0) is 33.2 Å². The number of nitrogens with zero attached hydrogens (tertiary/aromatic N) is 4. The molecule has 1 aliphatic rings. The molecule has 2 aromatic heterocycles. The molecular formula is C27H22N4O7. The number of nitro benzene ring substituents is 1. The molecule has 0 fully saturated rings. The van der Waals surface area contributed by atoms with Crippen molar-refractivity contribution < 1.29 is 28.8 Å². The van der Waals surface area contributed by atoms with E-state index in [-0.39, 0.29) is 23.4 Å². The van der Waals surface area contributed by atoms with Gasteiger partial charge >= 0.3 is 6.16 Å². The van der Waals surface area contributed by atoms with Gasteiger partial charge in [0.2, 0.25) is 0 Å². The number of benzene rings is 2. The Morgan fingerprint density at radius 1 is 0.947 bits per heavy atom. The molecule has 0 radical (unpaired) electrons. The monoisotopic (exact) mass is 514 g/mol. The third-order valence-corrected chi connectivity index (χ3v) is 6.42. The summed E-state index contributed by atoms with van der Waals surface area (Å²) in [7, 11) is 3.53. The standard InChI is InChI=1S/C27H22N4O7/c1-4-11-37-27(34)38-15-30-25(32)23(19-13-28(2)21-8-6-5-7-17(19)21)24(26(30)33)20-14-29(3)22-12-16(31(35)36)9-10-18(20)22/h4-10,12-14H,1,11,15H2,2-3H3. The normalized spacial score (nSPS) is 13.6. The smallest absolute Gasteiger partial charge is 0.430 e. The molecule has 11 nitrogen and oxygen atoms in total. The summed E-state index contributed by atoms with van der Waals surface area (Å²) in [5, 5.41) is 12.6. The summed E-state index contributed by atoms with van der Waals surface area (Å²) in [6.07, 6.45) is 3.73. The van der Waals surface area contributed by atoms with Crippen LogP contribution in [0.1, 0.15) is 11.1 Å². The lowest BCUT2D eigenvalue weighted by atomic mass is 9.95. The van der Waals surface area contributed by atoms with Crippen LogP contribution in [0.4, 0.5) is 10.5 Å². The van der Waals surface area contributed by atoms with E-state index in [4.69, 9.17) is 9.47 Å². The van der Waals surface area contributed by atoms with Gasteiger partial charge in [-0.1, -0.05) is 30.9 Å². The van der Waals surface area contributed by atoms with Gasteiger partial charge in [-0.3, -0.25) is 19.7 Å². The molecular weight excluding hydrogens is 492 g/mol. The largest absolute Gasteiger partial charge is 0.510 e. The van der Waals surface area contributed by atoms with Crippen LogP contribution in [0.5, 0.6) is 0 Å². The Morgan fingerprint density at radius 2 is 1.55 bits per heavy atom. The summed E-state index contributed by atoms with van der Waals surface area (Å²) in [5.41, 5.74) is 2.47. The fraction of sp³-hybridized carbons (Fsp3) is 0.148. The zero-order valence-electron chi connectivity index (χ0n) is 20.5. The minimum Gasteiger partial charge on any atom is -0.430 e. The summed E-state index contributed by atoms with van der Waals surface area (Å²) in [6.45, 7) is 2.71. The van der Waals surface area contributed by atoms with Gasteiger partial charge in [0.25, 0.3) is 17.5 Å². The van der Waals surface area contributed by atoms with E-state index in [1.165, 1.54) is 18.2 Å². The zero-order valence-corrected chi connectivity index (χ0v) is 20.5. The molecule has 5 rings (SSSR count). The molecule has 3 heterocycles. The quantitative estimate of drug-likeness (QED) is 0.119. The van der Waals surface area contributed by atoms with E-state index in [2.05, 4.69) is 6.58 Å². The molecule has 0 spiro atoms. The maximum Gasteiger partial charge on any atom is 0.510 e. The average Bonchev–Trinajstić information content (AvgIpc) is 3.49. The molecule has 2 aromatic carbocycles. The minimum absolute atomic E-state index is 0.0897. The Labute approximate surface area is 215 Å². The first kappa shape index (κ1) is 24.5. The molecule has 192 valence electrons. The highest BCUT2D eigenvalue weighted by Crippen LogP contribution is 2.41. The van der Waals surface area contributed by atoms with Crippen LogP contribution < -0.4 is 0 Å². The Morgan fingerprint density at radius 3 is 2.18 bits per heavy atom. The summed E-state index contributed by atoms with van der Waals surface area (Å²) < 4.78 is 13.3. The molecule has 2 amide bonds. The number of carbonyl (C=O) groups excluding carboxylic acids is 3. The fourth-order valence-electron chi connectivity index (χ4n) is 4.70. The van der Waals surface area contributed by atoms with E-state index in [0.29, 0.717) is 22.0 Å². The van der Waals surface area contributed by atoms with Crippen LogP contribution >= 0.6 is 0 Å². The number of nitro groups is 1. The fourth-order valence-corrected chi connectivity index (χ4v) is 4.70. The Balaban J connectivity index is 1.69. The number of hydrogen-bond donors (Lipinski definition) is 0. The lowest BCUT2D eigenvalue weighted by Crippen LogP contribution is -2.34. The van der Waals surface area contributed by atoms with Gasteiger partial charge in [0.1, 0.15) is 6.61 Å². The van der Waals surface area contributed by atoms with Crippen molar-refractivity contribution in [2.45, 2.75) is 0 Å². The molecule has 0 bridgehead atoms. The lowest BCUT2D eigenvalue weighted by molar-refractivity contribution is -0.384. The maximum absolute atomic E-state index is 13.8. The number of ether oxygens (including phenoxy) is 2. The molecule has 1 aliphatic heterocycles. The van der Waals surface area contributed by atoms with Gasteiger partial charge in [0, 0.05) is 66.0 Å². The van der Waals surface area contributed by atoms with Crippen LogP contribution in [0.25, 0.3) is 33.0 Å². The molecule has 38 heavy (non-hydrogen) atoms. The van der Waals surface area contributed by atoms with Gasteiger partial charge in [-0.25, -0.2) is 9.69 Å². The van der Waals surface area contributed by atoms with Crippen molar-refractivity contribution in [3.63, 3.8) is 0 Å². The van der Waals surface area contributed by atoms with Crippen LogP contribution in [-0.4, -0.2) is 50.3 Å². The van der Waals surface area contributed by atoms with E-state index in [1.54, 1.807) is 30.1 Å². The number of fused-ring (bicyclic) bond motifs is 2. The topological polar surface area (TPSA) is 126 Å². The Kier molecular flexibility index (Phi) is 6.03. The molecule has 0 atom stereocenters. The van der Waals surface area contributed by atoms with Crippen molar-refractivity contribution in [1.82, 2.24) is 14.0 Å². The first-order valence-electron chi connectivity index (χ1n) is 11.5. The Bertz CT molecular complexity index is 1710. The zero-order chi connectivity index (χ0) is 27.1. The summed E-state index contributed by atoms with van der Waals surface area (Å²) >= 11 is 0. The van der Waals surface area contributed by atoms with Crippen molar-refractivity contribution in [3.05, 3.63) is 88.8 Å². The van der Waals surface area contributed by atoms with E-state index >= 15 is 0 Å². The highest BCUT2D eigenvalue weighted by atomic mass is 16.7. The molecule has 4 aromatic rings. The Hall–Kier alpha value is -5.19. The second-order valence-electron chi connectivity index (χ2n) is 8.69. The van der Waals surface area contributed by atoms with E-state index in [9.17, 15) is 24.5 Å². The number of aromatic nitrogens is 2. The summed E-state index contributed by atoms with van der Waals surface area (Å²) in [6, 6.07) is 11.8. The number of rotatable bonds is 7. The average molecular weight is 514 g/mol. The lowest BCUT2D eigenvalue weighted by Gasteiger charge is -2.14. The van der Waals surface area contributed by atoms with Gasteiger partial charge in [-0.15, -0.1) is 0 Å². The predicted octanol–water partition coefficient (Wildman–Crippen LogP) is 4.15. The summed E-state index contributed by atoms with van der Waals surface area (Å²) in [4.78, 5) is 51.1. The number of non-ortho nitro benzene ring substituents is 1. The highest BCUT2D eigenvalue weighted by molar-refractivity contribution is 6.50. The minimum atomic E-state index is -1.05. The predicted molar refractivity (Wildman–Crippen MR) is 139 cm³/mol. The van der Waals surface area contributed by atoms with Crippen LogP contribution in [0.2, 0.25) is 0 Å². The SMILES string of the molecule is C=CCOC(=O)OCN1C(=O)C(c2cn(C)c3ccccc23)=C(c2cn(C)c3cc([N+](=O)[O-])ccc23)C1=O. The molecule has 11 heteroatoms. The van der Waals surface area contributed by atoms with Crippen molar-refractivity contribution in [2.24, 2.45) is 14.1 Å². The number of para-hydroxylation sites is 1. The van der Waals surface area contributed by atoms with Crippen LogP contribution in [0.3, 0.4) is 0 Å². The second kappa shape index (κ2) is 9.36. The second-order valence-corrected chi connectivity index (χ2v) is 8.69. The van der Waals surface area contributed by atoms with E-state index in [1.807, 2.05) is 35.9 Å². The van der Waals surface area contributed by atoms with Gasteiger partial charge in [-0.2, -0.15) is 0 Å². The molecule has 0 saturated carbocycles. The van der Waals surface area contributed by atoms with E-state index < -0.39 is 29.6 Å². The third-order valence-electron chi connectivity index (χ3n) is 6.42. The van der Waals surface area contributed by atoms with Gasteiger partial charge in [-0.05, 0) is 12.1 Å². The number of hydrogen-bond acceptors (Lipinski definition) is 7. The van der Waals surface area contributed by atoms with E-state index in [0.717, 1.165) is 15.8 Å². The van der Waals surface area contributed by atoms with Crippen molar-refractivity contribution >= 4 is 56.6 Å². The van der Waals surface area contributed by atoms with Crippen molar-refractivity contribution in [2.75, 3.05) is 13.3 Å². The molecule has 0 N–H and O–H groups in total. The third kappa shape index (κ3) is 3.90. The van der Waals surface area contributed by atoms with Crippen LogP contribution in [0, 0.1) is 10.1 Å². The molecule has 0 saturated heterocycles. The number of aryl methyl sites for hydroxylation is 2. The highest BCUT2D eigenvalue weighted by Gasteiger charge is 2.42. The molecule has 0 unspecified atom stereocenters. The van der Waals surface area contributed by atoms with Gasteiger partial charge < -0.3 is 18.6 Å². The van der Waals surface area contributed by atoms with Gasteiger partial charge in [0.05, 0.1) is 21.6 Å².